The number of halogens is 1. The molecule has 0 nitrogen and oxygen atoms in total. The number of rotatable bonds is 0. The maximum atomic E-state index is 4.57. The average Bonchev–Trinajstić information content (AvgIpc) is 2.59. The Bertz CT molecular complexity index is 332. The van der Waals surface area contributed by atoms with Crippen molar-refractivity contribution in [2.75, 3.05) is 0 Å². The van der Waals surface area contributed by atoms with E-state index in [1.807, 2.05) is 17.3 Å². The molecule has 0 unspecified atom stereocenters. The molecule has 1 aromatic rings. The fourth-order valence-corrected chi connectivity index (χ4v) is 2.19. The van der Waals surface area contributed by atoms with Crippen molar-refractivity contribution in [3.8, 4) is 0 Å². The van der Waals surface area contributed by atoms with Crippen LogP contribution in [0.25, 0.3) is 0 Å². The number of hydrogen-bond donors (Lipinski definition) is 0. The molecule has 0 saturated carbocycles. The van der Waals surface area contributed by atoms with Crippen LogP contribution >= 0.6 is 9.69 Å². The molecule has 113 valence electrons. The topological polar surface area (TPSA) is 0 Å². The van der Waals surface area contributed by atoms with E-state index < -0.39 is 0 Å². The molecule has 0 saturated heterocycles. The van der Waals surface area contributed by atoms with Gasteiger partial charge >= 0.3 is 27.0 Å². The predicted molar refractivity (Wildman–Crippen MR) is 87.0 cm³/mol. The Morgan fingerprint density at radius 1 is 0.950 bits per heavy atom. The quantitative estimate of drug-likeness (QED) is 0.290. The summed E-state index contributed by atoms with van der Waals surface area (Å²) < 4.78 is 0. The van der Waals surface area contributed by atoms with Gasteiger partial charge in [-0.2, -0.15) is 34.2 Å². The molecule has 0 aromatic heterocycles. The molecule has 1 aliphatic carbocycles. The first-order chi connectivity index (χ1) is 9.55. The van der Waals surface area contributed by atoms with Gasteiger partial charge in [0.15, 0.2) is 0 Å². The Labute approximate surface area is 139 Å². The van der Waals surface area contributed by atoms with Crippen molar-refractivity contribution in [2.24, 2.45) is 0 Å². The fourth-order valence-electron chi connectivity index (χ4n) is 2.19. The minimum atomic E-state index is 1.11. The van der Waals surface area contributed by atoms with Gasteiger partial charge in [0.25, 0.3) is 0 Å². The molecule has 1 aliphatic rings. The van der Waals surface area contributed by atoms with Crippen LogP contribution in [0.4, 0.5) is 0 Å². The van der Waals surface area contributed by atoms with Crippen LogP contribution in [-0.4, -0.2) is 0 Å². The van der Waals surface area contributed by atoms with Crippen LogP contribution in [0.2, 0.25) is 0 Å². The molecule has 0 spiro atoms. The maximum absolute atomic E-state index is 4.57. The van der Waals surface area contributed by atoms with Crippen molar-refractivity contribution in [2.45, 2.75) is 60.3 Å². The van der Waals surface area contributed by atoms with E-state index >= 15 is 0 Å². The Morgan fingerprint density at radius 3 is 1.90 bits per heavy atom. The molecule has 0 amide bonds. The second-order valence-electron chi connectivity index (χ2n) is 5.12. The van der Waals surface area contributed by atoms with Crippen molar-refractivity contribution in [1.29, 1.82) is 0 Å². The average molecular weight is 379 g/mol. The molecular weight excluding hydrogens is 353 g/mol. The number of allylic oxidation sites excluding steroid dienone is 4. The van der Waals surface area contributed by atoms with Gasteiger partial charge in [0.05, 0.1) is 0 Å². The van der Waals surface area contributed by atoms with Crippen molar-refractivity contribution in [3.63, 3.8) is 0 Å². The Balaban J connectivity index is 0.000000327. The zero-order valence-electron chi connectivity index (χ0n) is 13.3. The van der Waals surface area contributed by atoms with E-state index in [9.17, 15) is 0 Å². The zero-order valence-corrected chi connectivity index (χ0v) is 15.8. The van der Waals surface area contributed by atoms with Crippen molar-refractivity contribution in [1.82, 2.24) is 0 Å². The van der Waals surface area contributed by atoms with E-state index in [-0.39, 0.29) is 0 Å². The first-order valence-electron chi connectivity index (χ1n) is 7.08. The van der Waals surface area contributed by atoms with Gasteiger partial charge in [-0.3, -0.25) is 6.08 Å². The summed E-state index contributed by atoms with van der Waals surface area (Å²) in [5, 5.41) is 0. The molecule has 20 heavy (non-hydrogen) atoms. The van der Waals surface area contributed by atoms with Gasteiger partial charge < -0.3 is 6.08 Å². The summed E-state index contributed by atoms with van der Waals surface area (Å²) in [5.74, 6) is 0. The van der Waals surface area contributed by atoms with E-state index in [4.69, 9.17) is 0 Å². The van der Waals surface area contributed by atoms with E-state index in [0.717, 1.165) is 6.42 Å². The Kier molecular flexibility index (Phi) is 11.3. The minimum absolute atomic E-state index is 1.11. The molecule has 0 atom stereocenters. The molecule has 1 aromatic carbocycles. The molecule has 0 N–H and O–H groups in total. The monoisotopic (exact) mass is 379 g/mol. The predicted octanol–water partition coefficient (Wildman–Crippen LogP) is 6.11. The molecule has 2 rings (SSSR count). The van der Waals surface area contributed by atoms with Gasteiger partial charge in [0, 0.05) is 0 Å². The van der Waals surface area contributed by atoms with Crippen molar-refractivity contribution in [3.05, 3.63) is 52.1 Å². The van der Waals surface area contributed by atoms with Crippen LogP contribution in [0.15, 0.2) is 18.2 Å². The second kappa shape index (κ2) is 11.4. The van der Waals surface area contributed by atoms with Crippen molar-refractivity contribution < 1.29 is 17.3 Å². The Morgan fingerprint density at radius 2 is 1.45 bits per heavy atom. The van der Waals surface area contributed by atoms with Gasteiger partial charge in [-0.25, -0.2) is 0 Å². The van der Waals surface area contributed by atoms with Crippen LogP contribution in [0, 0.1) is 40.7 Å². The third kappa shape index (κ3) is 6.46. The van der Waals surface area contributed by atoms with E-state index in [0.29, 0.717) is 0 Å². The summed E-state index contributed by atoms with van der Waals surface area (Å²) in [4.78, 5) is 0. The van der Waals surface area contributed by atoms with Gasteiger partial charge in [0.1, 0.15) is 0 Å². The van der Waals surface area contributed by atoms with Crippen LogP contribution in [-0.2, 0) is 17.3 Å². The first-order valence-corrected chi connectivity index (χ1v) is 9.32. The molecule has 0 bridgehead atoms. The van der Waals surface area contributed by atoms with Crippen LogP contribution in [0.3, 0.4) is 0 Å². The summed E-state index contributed by atoms with van der Waals surface area (Å²) in [6.07, 6.45) is 14.5. The summed E-state index contributed by atoms with van der Waals surface area (Å²) in [5.41, 5.74) is 7.34. The SMILES string of the molecule is Cc1c(C)c(C)[c-](C)c1C.[C-]1=CCCC=CCC1.[Cl][Ru+2]. The Hall–Kier alpha value is -0.257. The molecule has 0 radical (unpaired) electrons. The summed E-state index contributed by atoms with van der Waals surface area (Å²) in [6.45, 7) is 11.0. The first kappa shape index (κ1) is 19.7. The summed E-state index contributed by atoms with van der Waals surface area (Å²) in [7, 11) is 4.57. The van der Waals surface area contributed by atoms with Gasteiger partial charge in [-0.1, -0.05) is 59.6 Å². The number of hydrogen-bond acceptors (Lipinski definition) is 0. The molecule has 0 fully saturated rings. The second-order valence-corrected chi connectivity index (χ2v) is 5.12. The molecule has 0 aliphatic heterocycles. The van der Waals surface area contributed by atoms with E-state index in [2.05, 4.69) is 68.6 Å². The van der Waals surface area contributed by atoms with Crippen LogP contribution < -0.4 is 0 Å². The van der Waals surface area contributed by atoms with E-state index in [1.165, 1.54) is 47.1 Å². The van der Waals surface area contributed by atoms with Gasteiger partial charge in [-0.05, 0) is 6.42 Å². The van der Waals surface area contributed by atoms with Crippen LogP contribution in [0.1, 0.15) is 53.5 Å². The van der Waals surface area contributed by atoms with E-state index in [1.54, 1.807) is 0 Å². The summed E-state index contributed by atoms with van der Waals surface area (Å²) >= 11 is 1.82. The van der Waals surface area contributed by atoms with Gasteiger partial charge in [0.2, 0.25) is 0 Å². The fraction of sp³-hybridized carbons (Fsp3) is 0.500. The molecule has 0 heterocycles. The zero-order chi connectivity index (χ0) is 15.5. The van der Waals surface area contributed by atoms with Crippen molar-refractivity contribution >= 4 is 9.69 Å². The third-order valence-corrected chi connectivity index (χ3v) is 4.06. The van der Waals surface area contributed by atoms with Gasteiger partial charge in [-0.15, -0.1) is 0 Å². The molecule has 2 heteroatoms. The normalized spacial score (nSPS) is 13.5. The van der Waals surface area contributed by atoms with Crippen LogP contribution in [0.5, 0.6) is 0 Å². The third-order valence-electron chi connectivity index (χ3n) is 4.06. The molecular formula is C18H26ClRu. The summed E-state index contributed by atoms with van der Waals surface area (Å²) in [6, 6.07) is 0. The standard InChI is InChI=1S/C10H15.C8H11.ClH.Ru/c1-6-7(2)9(4)10(5)8(6)3;1-2-4-6-8-7-5-3-1;;/h1-5H3;1-2,7H,3-6H2;1H;/q2*-1;;+3/p-1.